The molecule has 0 spiro atoms. The van der Waals surface area contributed by atoms with E-state index >= 15 is 0 Å². The van der Waals surface area contributed by atoms with Crippen LogP contribution in [0.15, 0.2) is 0 Å². The summed E-state index contributed by atoms with van der Waals surface area (Å²) in [6.07, 6.45) is 4.21. The first-order valence-corrected chi connectivity index (χ1v) is 4.64. The summed E-state index contributed by atoms with van der Waals surface area (Å²) in [4.78, 5) is 0. The van der Waals surface area contributed by atoms with Crippen LogP contribution in [-0.4, -0.2) is 44.6 Å². The Labute approximate surface area is 92.0 Å². The first-order valence-electron chi connectivity index (χ1n) is 3.54. The molecule has 0 saturated carbocycles. The third-order valence-corrected chi connectivity index (χ3v) is 1.59. The first kappa shape index (κ1) is 14.4. The fourth-order valence-corrected chi connectivity index (χ4v) is 0.946. The van der Waals surface area contributed by atoms with Crippen molar-refractivity contribution in [1.82, 2.24) is 0 Å². The van der Waals surface area contributed by atoms with Gasteiger partial charge in [0.2, 0.25) is 0 Å². The fourth-order valence-electron chi connectivity index (χ4n) is 0.668. The van der Waals surface area contributed by atoms with E-state index in [-0.39, 0.29) is 29.6 Å². The van der Waals surface area contributed by atoms with Gasteiger partial charge in [0.25, 0.3) is 11.0 Å². The van der Waals surface area contributed by atoms with Gasteiger partial charge in [0.15, 0.2) is 0 Å². The van der Waals surface area contributed by atoms with Crippen molar-refractivity contribution >= 4 is 40.5 Å². The second-order valence-electron chi connectivity index (χ2n) is 2.12. The molecule has 0 saturated heterocycles. The average Bonchev–Trinajstić information content (AvgIpc) is 1.87. The van der Waals surface area contributed by atoms with Crippen molar-refractivity contribution in [2.75, 3.05) is 6.61 Å². The molecule has 0 unspecified atom stereocenters. The molecule has 0 radical (unpaired) electrons. The van der Waals surface area contributed by atoms with Crippen molar-refractivity contribution in [3.8, 4) is 0 Å². The molecule has 0 aliphatic carbocycles. The van der Waals surface area contributed by atoms with Crippen molar-refractivity contribution in [3.05, 3.63) is 0 Å². The summed E-state index contributed by atoms with van der Waals surface area (Å²) in [5, 5.41) is 0. The van der Waals surface area contributed by atoms with Crippen molar-refractivity contribution < 1.29 is 12.6 Å². The summed E-state index contributed by atoms with van der Waals surface area (Å²) in [6.45, 7) is 2.45. The standard InChI is InChI=1S/C6H14O3S.Na.H/c1-2-3-4-5-6-9-10(7)8;;/h10H,2-6H2,1H3;;. The normalized spacial score (nSPS) is 9.64. The van der Waals surface area contributed by atoms with Crippen LogP contribution in [-0.2, 0) is 15.2 Å². The van der Waals surface area contributed by atoms with Crippen LogP contribution in [0.2, 0.25) is 0 Å². The Kier molecular flexibility index (Phi) is 14.3. The van der Waals surface area contributed by atoms with Gasteiger partial charge in [-0.3, -0.25) is 4.18 Å². The zero-order chi connectivity index (χ0) is 7.82. The molecule has 0 bridgehead atoms. The van der Waals surface area contributed by atoms with Crippen LogP contribution in [0, 0.1) is 0 Å². The van der Waals surface area contributed by atoms with Crippen LogP contribution >= 0.6 is 0 Å². The van der Waals surface area contributed by atoms with Gasteiger partial charge in [-0.1, -0.05) is 26.2 Å². The van der Waals surface area contributed by atoms with Crippen molar-refractivity contribution in [2.45, 2.75) is 32.6 Å². The SMILES string of the molecule is CCCCCCO[SH](=O)=O.[NaH]. The Balaban J connectivity index is 0. The molecule has 5 heteroatoms. The molecule has 0 heterocycles. The molecular formula is C6H15NaO3S. The van der Waals surface area contributed by atoms with Gasteiger partial charge in [-0.15, -0.1) is 0 Å². The predicted molar refractivity (Wildman–Crippen MR) is 47.6 cm³/mol. The molecular weight excluding hydrogens is 175 g/mol. The maximum atomic E-state index is 9.85. The Hall–Kier alpha value is 0.910. The quantitative estimate of drug-likeness (QED) is 0.376. The molecule has 0 aliphatic rings. The zero-order valence-corrected chi connectivity index (χ0v) is 7.10. The van der Waals surface area contributed by atoms with Crippen molar-refractivity contribution in [3.63, 3.8) is 0 Å². The number of hydrogen-bond donors (Lipinski definition) is 1. The molecule has 0 aromatic rings. The van der Waals surface area contributed by atoms with Crippen LogP contribution in [0.25, 0.3) is 0 Å². The Morgan fingerprint density at radius 3 is 2.27 bits per heavy atom. The van der Waals surface area contributed by atoms with E-state index in [4.69, 9.17) is 0 Å². The maximum absolute atomic E-state index is 9.85. The van der Waals surface area contributed by atoms with E-state index in [0.29, 0.717) is 6.61 Å². The van der Waals surface area contributed by atoms with E-state index in [9.17, 15) is 8.42 Å². The van der Waals surface area contributed by atoms with Gasteiger partial charge in [-0.05, 0) is 6.42 Å². The minimum absolute atomic E-state index is 0. The number of thiol groups is 1. The van der Waals surface area contributed by atoms with Crippen LogP contribution in [0.5, 0.6) is 0 Å². The molecule has 0 atom stereocenters. The summed E-state index contributed by atoms with van der Waals surface area (Å²) >= 11 is 0. The van der Waals surface area contributed by atoms with Crippen LogP contribution in [0.4, 0.5) is 0 Å². The van der Waals surface area contributed by atoms with Crippen molar-refractivity contribution in [1.29, 1.82) is 0 Å². The summed E-state index contributed by atoms with van der Waals surface area (Å²) in [7, 11) is -2.62. The Morgan fingerprint density at radius 1 is 1.18 bits per heavy atom. The molecule has 11 heavy (non-hydrogen) atoms. The second kappa shape index (κ2) is 10.9. The fraction of sp³-hybridized carbons (Fsp3) is 1.00. The monoisotopic (exact) mass is 190 g/mol. The molecule has 64 valence electrons. The Bertz CT molecular complexity index is 128. The van der Waals surface area contributed by atoms with Gasteiger partial charge in [-0.2, -0.15) is 0 Å². The molecule has 0 aromatic heterocycles. The van der Waals surface area contributed by atoms with Crippen LogP contribution < -0.4 is 0 Å². The molecule has 0 aliphatic heterocycles. The first-order chi connectivity index (χ1) is 4.77. The van der Waals surface area contributed by atoms with E-state index in [2.05, 4.69) is 11.1 Å². The van der Waals surface area contributed by atoms with Crippen LogP contribution in [0.1, 0.15) is 32.6 Å². The third kappa shape index (κ3) is 13.8. The van der Waals surface area contributed by atoms with E-state index in [1.54, 1.807) is 0 Å². The molecule has 3 nitrogen and oxygen atoms in total. The van der Waals surface area contributed by atoms with E-state index < -0.39 is 11.0 Å². The minimum atomic E-state index is -2.62. The van der Waals surface area contributed by atoms with Gasteiger partial charge < -0.3 is 0 Å². The van der Waals surface area contributed by atoms with Crippen LogP contribution in [0.3, 0.4) is 0 Å². The number of rotatable bonds is 6. The van der Waals surface area contributed by atoms with Gasteiger partial charge in [0, 0.05) is 0 Å². The molecule has 0 N–H and O–H groups in total. The van der Waals surface area contributed by atoms with Crippen molar-refractivity contribution in [2.24, 2.45) is 0 Å². The summed E-state index contributed by atoms with van der Waals surface area (Å²) in [5.74, 6) is 0. The molecule has 0 fully saturated rings. The van der Waals surface area contributed by atoms with Gasteiger partial charge in [0.05, 0.1) is 6.61 Å². The van der Waals surface area contributed by atoms with E-state index in [1.807, 2.05) is 0 Å². The van der Waals surface area contributed by atoms with Gasteiger partial charge >= 0.3 is 29.6 Å². The Morgan fingerprint density at radius 2 is 1.82 bits per heavy atom. The third-order valence-electron chi connectivity index (χ3n) is 1.19. The zero-order valence-electron chi connectivity index (χ0n) is 6.21. The summed E-state index contributed by atoms with van der Waals surface area (Å²) in [5.41, 5.74) is 0. The predicted octanol–water partition coefficient (Wildman–Crippen LogP) is 0.461. The number of hydrogen-bond acceptors (Lipinski definition) is 3. The van der Waals surface area contributed by atoms with Gasteiger partial charge in [0.1, 0.15) is 0 Å². The van der Waals surface area contributed by atoms with Gasteiger partial charge in [-0.25, -0.2) is 8.42 Å². The number of unbranched alkanes of at least 4 members (excludes halogenated alkanes) is 3. The molecule has 0 rings (SSSR count). The second-order valence-corrected chi connectivity index (χ2v) is 2.82. The summed E-state index contributed by atoms with van der Waals surface area (Å²) in [6, 6.07) is 0. The van der Waals surface area contributed by atoms with E-state index in [1.165, 1.54) is 0 Å². The van der Waals surface area contributed by atoms with E-state index in [0.717, 1.165) is 25.7 Å². The average molecular weight is 190 g/mol. The molecule has 0 aromatic carbocycles. The summed E-state index contributed by atoms with van der Waals surface area (Å²) < 4.78 is 24.0. The topological polar surface area (TPSA) is 43.4 Å². The molecule has 0 amide bonds.